The first kappa shape index (κ1) is 20.3. The lowest BCUT2D eigenvalue weighted by atomic mass is 9.87. The molecule has 0 spiro atoms. The average Bonchev–Trinajstić information content (AvgIpc) is 3.21. The van der Waals surface area contributed by atoms with Crippen LogP contribution in [-0.2, 0) is 20.8 Å². The Balaban J connectivity index is 1.59. The van der Waals surface area contributed by atoms with E-state index in [2.05, 4.69) is 28.1 Å². The number of nitrogens with one attached hydrogen (secondary N) is 3. The lowest BCUT2D eigenvalue weighted by molar-refractivity contribution is -0.139. The Hall–Kier alpha value is -2.41. The van der Waals surface area contributed by atoms with Crippen molar-refractivity contribution in [3.8, 4) is 0 Å². The predicted molar refractivity (Wildman–Crippen MR) is 107 cm³/mol. The van der Waals surface area contributed by atoms with Crippen LogP contribution in [0, 0.1) is 0 Å². The SMILES string of the molecule is CN[C@@H](C)C(=O)NCC(=O)N1CCC[C@@H]1C(=O)NC1CCCc2ccccc21. The minimum absolute atomic E-state index is 0.00572. The van der Waals surface area contributed by atoms with Gasteiger partial charge in [-0.3, -0.25) is 14.4 Å². The van der Waals surface area contributed by atoms with Gasteiger partial charge in [0.25, 0.3) is 0 Å². The third-order valence-corrected chi connectivity index (χ3v) is 5.80. The van der Waals surface area contributed by atoms with Gasteiger partial charge in [0.15, 0.2) is 0 Å². The van der Waals surface area contributed by atoms with Crippen LogP contribution < -0.4 is 16.0 Å². The second-order valence-corrected chi connectivity index (χ2v) is 7.63. The molecule has 3 N–H and O–H groups in total. The highest BCUT2D eigenvalue weighted by Gasteiger charge is 2.35. The van der Waals surface area contributed by atoms with Crippen molar-refractivity contribution in [2.24, 2.45) is 0 Å². The van der Waals surface area contributed by atoms with Gasteiger partial charge >= 0.3 is 0 Å². The van der Waals surface area contributed by atoms with Crippen molar-refractivity contribution < 1.29 is 14.4 Å². The summed E-state index contributed by atoms with van der Waals surface area (Å²) >= 11 is 0. The van der Waals surface area contributed by atoms with E-state index in [-0.39, 0.29) is 36.3 Å². The molecule has 1 heterocycles. The second-order valence-electron chi connectivity index (χ2n) is 7.63. The number of benzene rings is 1. The maximum atomic E-state index is 12.9. The number of fused-ring (bicyclic) bond motifs is 1. The number of likely N-dealkylation sites (N-methyl/N-ethyl adjacent to an activating group) is 1. The van der Waals surface area contributed by atoms with E-state index in [1.165, 1.54) is 11.1 Å². The van der Waals surface area contributed by atoms with E-state index in [9.17, 15) is 14.4 Å². The molecule has 152 valence electrons. The fourth-order valence-corrected chi connectivity index (χ4v) is 4.06. The number of carbonyl (C=O) groups excluding carboxylic acids is 3. The maximum Gasteiger partial charge on any atom is 0.243 e. The van der Waals surface area contributed by atoms with Crippen LogP contribution >= 0.6 is 0 Å². The summed E-state index contributed by atoms with van der Waals surface area (Å²) < 4.78 is 0. The number of aryl methyl sites for hydroxylation is 1. The summed E-state index contributed by atoms with van der Waals surface area (Å²) in [7, 11) is 1.69. The summed E-state index contributed by atoms with van der Waals surface area (Å²) in [6, 6.07) is 7.42. The number of likely N-dealkylation sites (tertiary alicyclic amines) is 1. The van der Waals surface area contributed by atoms with Crippen molar-refractivity contribution in [3.63, 3.8) is 0 Å². The molecule has 1 saturated heterocycles. The Morgan fingerprint density at radius 3 is 2.75 bits per heavy atom. The summed E-state index contributed by atoms with van der Waals surface area (Å²) in [5, 5.41) is 8.64. The van der Waals surface area contributed by atoms with E-state index in [1.54, 1.807) is 18.9 Å². The highest BCUT2D eigenvalue weighted by atomic mass is 16.2. The number of rotatable bonds is 6. The average molecular weight is 386 g/mol. The van der Waals surface area contributed by atoms with Crippen molar-refractivity contribution >= 4 is 17.7 Å². The Bertz CT molecular complexity index is 736. The molecule has 7 heteroatoms. The van der Waals surface area contributed by atoms with E-state index in [1.807, 2.05) is 12.1 Å². The molecule has 3 atom stereocenters. The van der Waals surface area contributed by atoms with Crippen LogP contribution in [0.4, 0.5) is 0 Å². The summed E-state index contributed by atoms with van der Waals surface area (Å²) in [6.07, 6.45) is 4.46. The lowest BCUT2D eigenvalue weighted by Crippen LogP contribution is -2.51. The first-order valence-corrected chi connectivity index (χ1v) is 10.1. The van der Waals surface area contributed by atoms with Crippen LogP contribution in [0.3, 0.4) is 0 Å². The van der Waals surface area contributed by atoms with Crippen LogP contribution in [0.5, 0.6) is 0 Å². The zero-order valence-electron chi connectivity index (χ0n) is 16.7. The number of carbonyl (C=O) groups is 3. The molecule has 3 rings (SSSR count). The van der Waals surface area contributed by atoms with Crippen molar-refractivity contribution in [3.05, 3.63) is 35.4 Å². The van der Waals surface area contributed by atoms with Crippen molar-refractivity contribution in [2.75, 3.05) is 20.1 Å². The van der Waals surface area contributed by atoms with E-state index >= 15 is 0 Å². The van der Waals surface area contributed by atoms with Crippen LogP contribution in [0.1, 0.15) is 49.8 Å². The fraction of sp³-hybridized carbons (Fsp3) is 0.571. The molecule has 0 radical (unpaired) electrons. The maximum absolute atomic E-state index is 12.9. The molecular formula is C21H30N4O3. The molecule has 1 fully saturated rings. The zero-order valence-corrected chi connectivity index (χ0v) is 16.7. The molecule has 28 heavy (non-hydrogen) atoms. The number of nitrogens with zero attached hydrogens (tertiary/aromatic N) is 1. The fourth-order valence-electron chi connectivity index (χ4n) is 4.06. The molecule has 1 aromatic rings. The minimum atomic E-state index is -0.458. The van der Waals surface area contributed by atoms with Gasteiger partial charge < -0.3 is 20.9 Å². The molecule has 1 unspecified atom stereocenters. The third-order valence-electron chi connectivity index (χ3n) is 5.80. The van der Waals surface area contributed by atoms with Gasteiger partial charge in [0.05, 0.1) is 18.6 Å². The summed E-state index contributed by atoms with van der Waals surface area (Å²) in [5.74, 6) is -0.532. The summed E-state index contributed by atoms with van der Waals surface area (Å²) in [5.41, 5.74) is 2.48. The second kappa shape index (κ2) is 9.19. The number of hydrogen-bond donors (Lipinski definition) is 3. The highest BCUT2D eigenvalue weighted by molar-refractivity contribution is 5.91. The van der Waals surface area contributed by atoms with Crippen LogP contribution in [-0.4, -0.2) is 54.8 Å². The minimum Gasteiger partial charge on any atom is -0.347 e. The Labute approximate surface area is 166 Å². The highest BCUT2D eigenvalue weighted by Crippen LogP contribution is 2.30. The normalized spacial score (nSPS) is 22.3. The van der Waals surface area contributed by atoms with Gasteiger partial charge in [-0.25, -0.2) is 0 Å². The van der Waals surface area contributed by atoms with Crippen molar-refractivity contribution in [2.45, 2.75) is 57.2 Å². The van der Waals surface area contributed by atoms with Gasteiger partial charge in [0.1, 0.15) is 6.04 Å². The molecule has 7 nitrogen and oxygen atoms in total. The van der Waals surface area contributed by atoms with Gasteiger partial charge in [-0.2, -0.15) is 0 Å². The molecule has 1 aliphatic carbocycles. The molecular weight excluding hydrogens is 356 g/mol. The van der Waals surface area contributed by atoms with E-state index in [0.29, 0.717) is 13.0 Å². The lowest BCUT2D eigenvalue weighted by Gasteiger charge is -2.30. The number of hydrogen-bond acceptors (Lipinski definition) is 4. The van der Waals surface area contributed by atoms with Gasteiger partial charge in [0.2, 0.25) is 17.7 Å². The number of amides is 3. The van der Waals surface area contributed by atoms with Crippen LogP contribution in [0.2, 0.25) is 0 Å². The zero-order chi connectivity index (χ0) is 20.1. The Morgan fingerprint density at radius 2 is 1.96 bits per heavy atom. The topological polar surface area (TPSA) is 90.5 Å². The third kappa shape index (κ3) is 4.52. The van der Waals surface area contributed by atoms with Gasteiger partial charge in [-0.15, -0.1) is 0 Å². The predicted octanol–water partition coefficient (Wildman–Crippen LogP) is 0.895. The monoisotopic (exact) mass is 386 g/mol. The van der Waals surface area contributed by atoms with Gasteiger partial charge in [-0.05, 0) is 57.2 Å². The smallest absolute Gasteiger partial charge is 0.243 e. The molecule has 1 aromatic carbocycles. The Morgan fingerprint density at radius 1 is 1.18 bits per heavy atom. The first-order valence-electron chi connectivity index (χ1n) is 10.1. The van der Waals surface area contributed by atoms with E-state index < -0.39 is 6.04 Å². The van der Waals surface area contributed by atoms with Crippen LogP contribution in [0.15, 0.2) is 24.3 Å². The molecule has 3 amide bonds. The first-order chi connectivity index (χ1) is 13.5. The largest absolute Gasteiger partial charge is 0.347 e. The molecule has 2 aliphatic rings. The molecule has 1 aliphatic heterocycles. The summed E-state index contributed by atoms with van der Waals surface area (Å²) in [6.45, 7) is 2.20. The van der Waals surface area contributed by atoms with Crippen LogP contribution in [0.25, 0.3) is 0 Å². The standard InChI is InChI=1S/C21H30N4O3/c1-14(22-2)20(27)23-13-19(26)25-12-6-11-18(25)21(28)24-17-10-5-8-15-7-3-4-9-16(15)17/h3-4,7,9,14,17-18,22H,5-6,8,10-13H2,1-2H3,(H,23,27)(H,24,28)/t14-,17?,18+/m0/s1. The Kier molecular flexibility index (Phi) is 6.67. The van der Waals surface area contributed by atoms with Crippen molar-refractivity contribution in [1.29, 1.82) is 0 Å². The molecule has 0 saturated carbocycles. The summed E-state index contributed by atoms with van der Waals surface area (Å²) in [4.78, 5) is 39.0. The van der Waals surface area contributed by atoms with Gasteiger partial charge in [0, 0.05) is 6.54 Å². The van der Waals surface area contributed by atoms with E-state index in [4.69, 9.17) is 0 Å². The van der Waals surface area contributed by atoms with Gasteiger partial charge in [-0.1, -0.05) is 24.3 Å². The quantitative estimate of drug-likeness (QED) is 0.677. The molecule has 0 bridgehead atoms. The van der Waals surface area contributed by atoms with E-state index in [0.717, 1.165) is 25.7 Å². The van der Waals surface area contributed by atoms with Crippen molar-refractivity contribution in [1.82, 2.24) is 20.9 Å². The molecule has 0 aromatic heterocycles.